The van der Waals surface area contributed by atoms with E-state index >= 15 is 0 Å². The number of anilines is 2. The van der Waals surface area contributed by atoms with Crippen molar-refractivity contribution >= 4 is 48.2 Å². The zero-order chi connectivity index (χ0) is 28.2. The second kappa shape index (κ2) is 11.9. The van der Waals surface area contributed by atoms with Crippen LogP contribution < -0.4 is 10.1 Å². The van der Waals surface area contributed by atoms with Gasteiger partial charge in [-0.15, -0.1) is 0 Å². The Morgan fingerprint density at radius 1 is 1.12 bits per heavy atom. The first-order valence-corrected chi connectivity index (χ1v) is 15.3. The molecule has 11 heteroatoms. The van der Waals surface area contributed by atoms with Crippen LogP contribution in [0.25, 0.3) is 10.9 Å². The number of halogens is 2. The monoisotopic (exact) mass is 627 g/mol. The van der Waals surface area contributed by atoms with Crippen molar-refractivity contribution in [3.05, 3.63) is 101 Å². The Kier molecular flexibility index (Phi) is 8.34. The highest BCUT2D eigenvalue weighted by molar-refractivity contribution is 9.10. The second-order valence-corrected chi connectivity index (χ2v) is 12.6. The number of nitrogens with zero attached hydrogens (tertiary/aromatic N) is 2. The topological polar surface area (TPSA) is 99.6 Å². The third kappa shape index (κ3) is 6.78. The highest BCUT2D eigenvalue weighted by atomic mass is 79.9. The summed E-state index contributed by atoms with van der Waals surface area (Å²) in [5.41, 5.74) is 2.34. The molecule has 208 valence electrons. The van der Waals surface area contributed by atoms with E-state index in [1.807, 2.05) is 42.5 Å². The van der Waals surface area contributed by atoms with Gasteiger partial charge >= 0.3 is 0 Å². The van der Waals surface area contributed by atoms with Gasteiger partial charge in [-0.1, -0.05) is 18.2 Å². The Balaban J connectivity index is 1.34. The van der Waals surface area contributed by atoms with E-state index in [0.717, 1.165) is 32.2 Å². The molecule has 1 unspecified atom stereocenters. The Hall–Kier alpha value is -3.54. The Labute approximate surface area is 240 Å². The molecular weight excluding hydrogens is 601 g/mol. The van der Waals surface area contributed by atoms with Gasteiger partial charge in [-0.05, 0) is 75.6 Å². The maximum atomic E-state index is 13.5. The molecule has 0 radical (unpaired) electrons. The SMILES string of the molecule is CS(=O)(=O)CCOCC1(c2ccc3ncnc(Nc4ccc(OCc5cccc(F)c5)c(Br)c4)c3c2)CC=CO1. The summed E-state index contributed by atoms with van der Waals surface area (Å²) in [7, 11) is -3.12. The first-order chi connectivity index (χ1) is 19.2. The van der Waals surface area contributed by atoms with Crippen LogP contribution in [0.2, 0.25) is 0 Å². The van der Waals surface area contributed by atoms with Crippen molar-refractivity contribution in [3.63, 3.8) is 0 Å². The maximum Gasteiger partial charge on any atom is 0.160 e. The number of nitrogens with one attached hydrogen (secondary N) is 1. The van der Waals surface area contributed by atoms with E-state index in [1.54, 1.807) is 18.4 Å². The number of hydrogen-bond acceptors (Lipinski definition) is 8. The first kappa shape index (κ1) is 28.0. The van der Waals surface area contributed by atoms with Crippen LogP contribution >= 0.6 is 15.9 Å². The molecule has 0 bridgehead atoms. The van der Waals surface area contributed by atoms with Gasteiger partial charge < -0.3 is 19.5 Å². The molecule has 1 atom stereocenters. The lowest BCUT2D eigenvalue weighted by molar-refractivity contribution is -0.0418. The largest absolute Gasteiger partial charge is 0.488 e. The van der Waals surface area contributed by atoms with Gasteiger partial charge in [0.05, 0.1) is 35.2 Å². The maximum absolute atomic E-state index is 13.5. The highest BCUT2D eigenvalue weighted by Crippen LogP contribution is 2.38. The molecule has 8 nitrogen and oxygen atoms in total. The Bertz CT molecular complexity index is 1660. The molecule has 0 aliphatic carbocycles. The molecule has 4 aromatic rings. The molecule has 1 aromatic heterocycles. The van der Waals surface area contributed by atoms with Gasteiger partial charge in [0.1, 0.15) is 40.2 Å². The van der Waals surface area contributed by atoms with E-state index in [-0.39, 0.29) is 31.4 Å². The standard InChI is InChI=1S/C29H27BrFN3O5S/c1-40(35,36)13-12-37-18-29(10-3-11-39-29)21-6-8-26-24(15-21)28(33-19-32-26)34-23-7-9-27(25(30)16-23)38-17-20-4-2-5-22(31)14-20/h2-9,11,14-16,19H,10,12-13,17-18H2,1H3,(H,32,33,34). The molecule has 5 rings (SSSR count). The number of rotatable bonds is 11. The lowest BCUT2D eigenvalue weighted by atomic mass is 9.91. The summed E-state index contributed by atoms with van der Waals surface area (Å²) in [5, 5.41) is 4.14. The third-order valence-corrected chi connectivity index (χ3v) is 7.94. The molecule has 0 saturated carbocycles. The third-order valence-electron chi connectivity index (χ3n) is 6.41. The molecule has 0 spiro atoms. The van der Waals surface area contributed by atoms with Crippen LogP contribution in [0.3, 0.4) is 0 Å². The van der Waals surface area contributed by atoms with Crippen LogP contribution in [0.4, 0.5) is 15.9 Å². The number of hydrogen-bond donors (Lipinski definition) is 1. The quantitative estimate of drug-likeness (QED) is 0.201. The minimum atomic E-state index is -3.12. The van der Waals surface area contributed by atoms with E-state index in [0.29, 0.717) is 18.0 Å². The minimum absolute atomic E-state index is 0.0552. The molecule has 1 N–H and O–H groups in total. The van der Waals surface area contributed by atoms with Crippen molar-refractivity contribution in [2.75, 3.05) is 30.5 Å². The van der Waals surface area contributed by atoms with Crippen LogP contribution in [0.15, 0.2) is 83.8 Å². The summed E-state index contributed by atoms with van der Waals surface area (Å²) < 4.78 is 54.8. The van der Waals surface area contributed by atoms with E-state index in [4.69, 9.17) is 14.2 Å². The van der Waals surface area contributed by atoms with Crippen molar-refractivity contribution in [1.82, 2.24) is 9.97 Å². The minimum Gasteiger partial charge on any atom is -0.488 e. The fourth-order valence-corrected chi connectivity index (χ4v) is 5.25. The van der Waals surface area contributed by atoms with Gasteiger partial charge in [0.2, 0.25) is 0 Å². The summed E-state index contributed by atoms with van der Waals surface area (Å²) in [6, 6.07) is 17.7. The van der Waals surface area contributed by atoms with Crippen LogP contribution in [0, 0.1) is 5.82 Å². The lowest BCUT2D eigenvalue weighted by Crippen LogP contribution is -2.32. The molecule has 1 aliphatic heterocycles. The van der Waals surface area contributed by atoms with Gasteiger partial charge in [-0.3, -0.25) is 0 Å². The fraction of sp³-hybridized carbons (Fsp3) is 0.241. The van der Waals surface area contributed by atoms with Crippen molar-refractivity contribution in [2.45, 2.75) is 18.6 Å². The lowest BCUT2D eigenvalue weighted by Gasteiger charge is -2.29. The van der Waals surface area contributed by atoms with E-state index < -0.39 is 15.4 Å². The predicted octanol–water partition coefficient (Wildman–Crippen LogP) is 6.04. The van der Waals surface area contributed by atoms with Crippen molar-refractivity contribution in [3.8, 4) is 5.75 Å². The smallest absolute Gasteiger partial charge is 0.160 e. The average molecular weight is 629 g/mol. The summed E-state index contributed by atoms with van der Waals surface area (Å²) in [4.78, 5) is 8.88. The van der Waals surface area contributed by atoms with E-state index in [9.17, 15) is 12.8 Å². The van der Waals surface area contributed by atoms with Gasteiger partial charge in [0.15, 0.2) is 5.60 Å². The predicted molar refractivity (Wildman–Crippen MR) is 155 cm³/mol. The van der Waals surface area contributed by atoms with Crippen LogP contribution in [0.5, 0.6) is 5.75 Å². The normalized spacial score (nSPS) is 16.7. The van der Waals surface area contributed by atoms with Gasteiger partial charge in [0.25, 0.3) is 0 Å². The summed E-state index contributed by atoms with van der Waals surface area (Å²) in [6.45, 7) is 0.519. The van der Waals surface area contributed by atoms with E-state index in [1.165, 1.54) is 24.7 Å². The summed E-state index contributed by atoms with van der Waals surface area (Å²) >= 11 is 3.56. The molecule has 2 heterocycles. The first-order valence-electron chi connectivity index (χ1n) is 12.5. The van der Waals surface area contributed by atoms with Crippen molar-refractivity contribution < 1.29 is 27.0 Å². The summed E-state index contributed by atoms with van der Waals surface area (Å²) in [6.07, 6.45) is 6.82. The molecular formula is C29H27BrFN3O5S. The summed E-state index contributed by atoms with van der Waals surface area (Å²) in [5.74, 6) is 0.862. The number of aromatic nitrogens is 2. The zero-order valence-electron chi connectivity index (χ0n) is 21.6. The fourth-order valence-electron chi connectivity index (χ4n) is 4.33. The molecule has 40 heavy (non-hydrogen) atoms. The molecule has 0 amide bonds. The number of sulfone groups is 1. The number of benzene rings is 3. The van der Waals surface area contributed by atoms with Gasteiger partial charge in [-0.2, -0.15) is 0 Å². The highest BCUT2D eigenvalue weighted by Gasteiger charge is 2.36. The van der Waals surface area contributed by atoms with Crippen molar-refractivity contribution in [1.29, 1.82) is 0 Å². The molecule has 1 aliphatic rings. The molecule has 3 aromatic carbocycles. The number of fused-ring (bicyclic) bond motifs is 1. The number of ether oxygens (including phenoxy) is 3. The average Bonchev–Trinajstić information content (AvgIpc) is 3.40. The van der Waals surface area contributed by atoms with Crippen LogP contribution in [-0.2, 0) is 31.5 Å². The molecule has 0 fully saturated rings. The second-order valence-electron chi connectivity index (χ2n) is 9.51. The molecule has 0 saturated heterocycles. The van der Waals surface area contributed by atoms with Gasteiger partial charge in [0, 0.05) is 23.8 Å². The van der Waals surface area contributed by atoms with E-state index in [2.05, 4.69) is 31.2 Å². The van der Waals surface area contributed by atoms with Crippen LogP contribution in [0.1, 0.15) is 17.5 Å². The zero-order valence-corrected chi connectivity index (χ0v) is 24.0. The van der Waals surface area contributed by atoms with Crippen molar-refractivity contribution in [2.24, 2.45) is 0 Å². The Morgan fingerprint density at radius 2 is 2.00 bits per heavy atom. The Morgan fingerprint density at radius 3 is 2.75 bits per heavy atom. The van der Waals surface area contributed by atoms with Gasteiger partial charge in [-0.25, -0.2) is 22.8 Å². The van der Waals surface area contributed by atoms with Crippen LogP contribution in [-0.4, -0.2) is 43.6 Å².